The van der Waals surface area contributed by atoms with Crippen LogP contribution >= 0.6 is 0 Å². The number of rotatable bonds is 6. The first-order valence-electron chi connectivity index (χ1n) is 8.56. The summed E-state index contributed by atoms with van der Waals surface area (Å²) in [5.74, 6) is 0.490. The molecule has 0 aromatic carbocycles. The lowest BCUT2D eigenvalue weighted by Crippen LogP contribution is -2.64. The number of ether oxygens (including phenoxy) is 2. The Hall–Kier alpha value is -1.82. The maximum Gasteiger partial charge on any atom is 0.0985 e. The van der Waals surface area contributed by atoms with Crippen molar-refractivity contribution in [2.45, 2.75) is 25.2 Å². The highest BCUT2D eigenvalue weighted by Gasteiger charge is 2.52. The smallest absolute Gasteiger partial charge is 0.0985 e. The molecule has 126 valence electrons. The van der Waals surface area contributed by atoms with E-state index >= 15 is 0 Å². The van der Waals surface area contributed by atoms with Gasteiger partial charge in [0.1, 0.15) is 0 Å². The van der Waals surface area contributed by atoms with E-state index in [0.717, 1.165) is 39.3 Å². The normalized spacial score (nSPS) is 22.6. The van der Waals surface area contributed by atoms with Gasteiger partial charge in [0.2, 0.25) is 0 Å². The van der Waals surface area contributed by atoms with Crippen LogP contribution in [0.25, 0.3) is 0 Å². The van der Waals surface area contributed by atoms with E-state index in [4.69, 9.17) is 9.47 Å². The lowest BCUT2D eigenvalue weighted by molar-refractivity contribution is -0.146. The number of aromatic nitrogens is 2. The molecule has 2 aromatic rings. The van der Waals surface area contributed by atoms with Gasteiger partial charge in [0.25, 0.3) is 0 Å². The van der Waals surface area contributed by atoms with Crippen molar-refractivity contribution in [1.82, 2.24) is 14.9 Å². The Labute approximate surface area is 142 Å². The van der Waals surface area contributed by atoms with Gasteiger partial charge in [0, 0.05) is 56.9 Å². The molecule has 1 unspecified atom stereocenters. The van der Waals surface area contributed by atoms with Crippen LogP contribution in [0.5, 0.6) is 0 Å². The summed E-state index contributed by atoms with van der Waals surface area (Å²) in [6.07, 6.45) is 8.46. The molecule has 2 aliphatic rings. The van der Waals surface area contributed by atoms with Gasteiger partial charge in [-0.15, -0.1) is 0 Å². The minimum absolute atomic E-state index is 0.000449. The predicted molar refractivity (Wildman–Crippen MR) is 90.2 cm³/mol. The Balaban J connectivity index is 1.27. The molecule has 2 saturated heterocycles. The van der Waals surface area contributed by atoms with E-state index in [1.165, 1.54) is 11.1 Å². The van der Waals surface area contributed by atoms with Gasteiger partial charge >= 0.3 is 0 Å². The van der Waals surface area contributed by atoms with Gasteiger partial charge in [-0.3, -0.25) is 14.9 Å². The van der Waals surface area contributed by atoms with E-state index in [1.54, 1.807) is 12.4 Å². The molecule has 5 nitrogen and oxygen atoms in total. The van der Waals surface area contributed by atoms with Crippen LogP contribution in [0.4, 0.5) is 0 Å². The fourth-order valence-electron chi connectivity index (χ4n) is 3.74. The molecular formula is C19H23N3O2. The van der Waals surface area contributed by atoms with Crippen molar-refractivity contribution >= 4 is 0 Å². The second kappa shape index (κ2) is 6.97. The van der Waals surface area contributed by atoms with E-state index in [9.17, 15) is 0 Å². The Morgan fingerprint density at radius 1 is 1.12 bits per heavy atom. The SMILES string of the molecule is c1cncc(CN2CC3(C2)OCCC3COCc2ccncc2)c1. The van der Waals surface area contributed by atoms with Crippen molar-refractivity contribution in [1.29, 1.82) is 0 Å². The van der Waals surface area contributed by atoms with Gasteiger partial charge in [0.15, 0.2) is 0 Å². The Bertz CT molecular complexity index is 644. The van der Waals surface area contributed by atoms with E-state index < -0.39 is 0 Å². The van der Waals surface area contributed by atoms with Crippen LogP contribution < -0.4 is 0 Å². The summed E-state index contributed by atoms with van der Waals surface area (Å²) in [5, 5.41) is 0. The highest BCUT2D eigenvalue weighted by Crippen LogP contribution is 2.40. The molecule has 1 atom stereocenters. The monoisotopic (exact) mass is 325 g/mol. The molecule has 4 heterocycles. The van der Waals surface area contributed by atoms with E-state index in [1.807, 2.05) is 30.6 Å². The Kier molecular flexibility index (Phi) is 4.56. The van der Waals surface area contributed by atoms with Crippen molar-refractivity contribution in [2.75, 3.05) is 26.3 Å². The molecule has 0 amide bonds. The lowest BCUT2D eigenvalue weighted by Gasteiger charge is -2.50. The molecule has 0 aliphatic carbocycles. The van der Waals surface area contributed by atoms with Crippen molar-refractivity contribution in [2.24, 2.45) is 5.92 Å². The van der Waals surface area contributed by atoms with Gasteiger partial charge in [-0.2, -0.15) is 0 Å². The number of pyridine rings is 2. The quantitative estimate of drug-likeness (QED) is 0.815. The standard InChI is InChI=1S/C19H23N3O2/c1-2-17(10-21-6-1)11-22-14-19(15-22)18(5-9-24-19)13-23-12-16-3-7-20-8-4-16/h1-4,6-8,10,18H,5,9,11-15H2. The van der Waals surface area contributed by atoms with E-state index in [2.05, 4.69) is 20.9 Å². The Morgan fingerprint density at radius 2 is 2.00 bits per heavy atom. The minimum atomic E-state index is 0.000449. The minimum Gasteiger partial charge on any atom is -0.376 e. The molecule has 24 heavy (non-hydrogen) atoms. The summed E-state index contributed by atoms with van der Waals surface area (Å²) in [6, 6.07) is 8.12. The summed E-state index contributed by atoms with van der Waals surface area (Å²) in [6.45, 7) is 5.20. The van der Waals surface area contributed by atoms with Crippen LogP contribution in [0.1, 0.15) is 17.5 Å². The molecule has 4 rings (SSSR count). The van der Waals surface area contributed by atoms with E-state index in [-0.39, 0.29) is 5.60 Å². The number of nitrogens with zero attached hydrogens (tertiary/aromatic N) is 3. The molecule has 2 aromatic heterocycles. The second-order valence-corrected chi connectivity index (χ2v) is 6.78. The van der Waals surface area contributed by atoms with Gasteiger partial charge in [-0.25, -0.2) is 0 Å². The topological polar surface area (TPSA) is 47.5 Å². The summed E-state index contributed by atoms with van der Waals surface area (Å²) in [7, 11) is 0. The zero-order chi connectivity index (χ0) is 16.2. The molecule has 0 saturated carbocycles. The average molecular weight is 325 g/mol. The molecule has 5 heteroatoms. The maximum atomic E-state index is 6.11. The van der Waals surface area contributed by atoms with Gasteiger partial charge in [-0.1, -0.05) is 6.07 Å². The lowest BCUT2D eigenvalue weighted by atomic mass is 9.81. The van der Waals surface area contributed by atoms with Crippen molar-refractivity contribution in [3.05, 3.63) is 60.2 Å². The first-order chi connectivity index (χ1) is 11.8. The molecule has 0 N–H and O–H groups in total. The summed E-state index contributed by atoms with van der Waals surface area (Å²) in [5.41, 5.74) is 2.43. The third-order valence-electron chi connectivity index (χ3n) is 5.05. The van der Waals surface area contributed by atoms with Gasteiger partial charge in [-0.05, 0) is 35.7 Å². The highest BCUT2D eigenvalue weighted by atomic mass is 16.5. The summed E-state index contributed by atoms with van der Waals surface area (Å²) >= 11 is 0. The molecule has 0 bridgehead atoms. The third-order valence-corrected chi connectivity index (χ3v) is 5.05. The zero-order valence-corrected chi connectivity index (χ0v) is 13.8. The number of hydrogen-bond acceptors (Lipinski definition) is 5. The largest absolute Gasteiger partial charge is 0.376 e. The van der Waals surface area contributed by atoms with Crippen LogP contribution in [-0.4, -0.2) is 46.8 Å². The highest BCUT2D eigenvalue weighted by molar-refractivity contribution is 5.12. The maximum absolute atomic E-state index is 6.11. The van der Waals surface area contributed by atoms with Gasteiger partial charge in [0.05, 0.1) is 18.8 Å². The number of likely N-dealkylation sites (tertiary alicyclic amines) is 1. The van der Waals surface area contributed by atoms with Gasteiger partial charge < -0.3 is 9.47 Å². The fourth-order valence-corrected chi connectivity index (χ4v) is 3.74. The van der Waals surface area contributed by atoms with Crippen LogP contribution in [0, 0.1) is 5.92 Å². The molecular weight excluding hydrogens is 302 g/mol. The summed E-state index contributed by atoms with van der Waals surface area (Å²) < 4.78 is 12.1. The summed E-state index contributed by atoms with van der Waals surface area (Å²) in [4.78, 5) is 10.6. The van der Waals surface area contributed by atoms with Crippen molar-refractivity contribution in [3.63, 3.8) is 0 Å². The predicted octanol–water partition coefficient (Wildman–Crippen LogP) is 2.28. The molecule has 2 fully saturated rings. The zero-order valence-electron chi connectivity index (χ0n) is 13.8. The first-order valence-corrected chi connectivity index (χ1v) is 8.56. The molecule has 2 aliphatic heterocycles. The Morgan fingerprint density at radius 3 is 2.79 bits per heavy atom. The first kappa shape index (κ1) is 15.7. The average Bonchev–Trinajstić information content (AvgIpc) is 3.00. The molecule has 0 radical (unpaired) electrons. The number of hydrogen-bond donors (Lipinski definition) is 0. The van der Waals surface area contributed by atoms with Crippen molar-refractivity contribution in [3.8, 4) is 0 Å². The van der Waals surface area contributed by atoms with Crippen LogP contribution in [0.15, 0.2) is 49.1 Å². The second-order valence-electron chi connectivity index (χ2n) is 6.78. The fraction of sp³-hybridized carbons (Fsp3) is 0.474. The van der Waals surface area contributed by atoms with E-state index in [0.29, 0.717) is 12.5 Å². The van der Waals surface area contributed by atoms with Crippen LogP contribution in [-0.2, 0) is 22.6 Å². The van der Waals surface area contributed by atoms with Crippen LogP contribution in [0.3, 0.4) is 0 Å². The third kappa shape index (κ3) is 3.34. The van der Waals surface area contributed by atoms with Crippen molar-refractivity contribution < 1.29 is 9.47 Å². The molecule has 1 spiro atoms. The van der Waals surface area contributed by atoms with Crippen LogP contribution in [0.2, 0.25) is 0 Å².